The van der Waals surface area contributed by atoms with E-state index < -0.39 is 0 Å². The molecule has 0 aliphatic carbocycles. The zero-order valence-corrected chi connectivity index (χ0v) is 10.9. The van der Waals surface area contributed by atoms with E-state index in [-0.39, 0.29) is 0 Å². The number of hydrogen-bond donors (Lipinski definition) is 1. The fourth-order valence-corrected chi connectivity index (χ4v) is 3.88. The summed E-state index contributed by atoms with van der Waals surface area (Å²) < 4.78 is 1.24. The standard InChI is InChI=1S/C13H17BrN2/c14-11-3-1-2-9-4-5-12-10(8-15)6-7-16(12)13(9)11/h1-3,10,12H,4-8,15H2. The Balaban J connectivity index is 2.01. The molecule has 3 heteroatoms. The fourth-order valence-electron chi connectivity index (χ4n) is 3.25. The molecule has 2 unspecified atom stereocenters. The van der Waals surface area contributed by atoms with Gasteiger partial charge in [0.1, 0.15) is 0 Å². The fraction of sp³-hybridized carbons (Fsp3) is 0.538. The molecule has 1 saturated heterocycles. The van der Waals surface area contributed by atoms with Gasteiger partial charge >= 0.3 is 0 Å². The van der Waals surface area contributed by atoms with Crippen LogP contribution in [0.2, 0.25) is 0 Å². The third kappa shape index (κ3) is 1.49. The second-order valence-electron chi connectivity index (χ2n) is 4.83. The minimum atomic E-state index is 0.677. The highest BCUT2D eigenvalue weighted by atomic mass is 79.9. The quantitative estimate of drug-likeness (QED) is 0.857. The molecule has 2 heterocycles. The Morgan fingerprint density at radius 1 is 1.38 bits per heavy atom. The van der Waals surface area contributed by atoms with Crippen LogP contribution in [0.5, 0.6) is 0 Å². The van der Waals surface area contributed by atoms with Crippen molar-refractivity contribution in [2.75, 3.05) is 18.0 Å². The van der Waals surface area contributed by atoms with Gasteiger partial charge in [-0.3, -0.25) is 0 Å². The van der Waals surface area contributed by atoms with Crippen molar-refractivity contribution in [1.29, 1.82) is 0 Å². The summed E-state index contributed by atoms with van der Waals surface area (Å²) in [6, 6.07) is 7.22. The highest BCUT2D eigenvalue weighted by Gasteiger charge is 2.37. The van der Waals surface area contributed by atoms with E-state index in [1.165, 1.54) is 41.5 Å². The summed E-state index contributed by atoms with van der Waals surface area (Å²) in [6.07, 6.45) is 3.72. The van der Waals surface area contributed by atoms with Crippen LogP contribution >= 0.6 is 15.9 Å². The molecule has 2 N–H and O–H groups in total. The van der Waals surface area contributed by atoms with Gasteiger partial charge < -0.3 is 10.6 Å². The van der Waals surface area contributed by atoms with E-state index in [4.69, 9.17) is 5.73 Å². The van der Waals surface area contributed by atoms with Gasteiger partial charge in [-0.05, 0) is 59.3 Å². The highest BCUT2D eigenvalue weighted by Crippen LogP contribution is 2.42. The number of nitrogens with zero attached hydrogens (tertiary/aromatic N) is 1. The van der Waals surface area contributed by atoms with Crippen LogP contribution in [0.25, 0.3) is 0 Å². The van der Waals surface area contributed by atoms with E-state index in [0.29, 0.717) is 12.0 Å². The van der Waals surface area contributed by atoms with Crippen molar-refractivity contribution in [2.24, 2.45) is 11.7 Å². The number of aryl methyl sites for hydroxylation is 1. The maximum absolute atomic E-state index is 5.86. The van der Waals surface area contributed by atoms with Crippen LogP contribution in [-0.2, 0) is 6.42 Å². The van der Waals surface area contributed by atoms with Crippen LogP contribution in [0.15, 0.2) is 22.7 Å². The molecule has 1 fully saturated rings. The molecule has 1 aromatic carbocycles. The summed E-state index contributed by atoms with van der Waals surface area (Å²) in [7, 11) is 0. The second kappa shape index (κ2) is 4.04. The van der Waals surface area contributed by atoms with Crippen LogP contribution in [0.1, 0.15) is 18.4 Å². The zero-order valence-electron chi connectivity index (χ0n) is 9.32. The Morgan fingerprint density at radius 3 is 3.06 bits per heavy atom. The molecule has 0 aromatic heterocycles. The number of hydrogen-bond acceptors (Lipinski definition) is 2. The van der Waals surface area contributed by atoms with Crippen molar-refractivity contribution in [3.8, 4) is 0 Å². The topological polar surface area (TPSA) is 29.3 Å². The summed E-state index contributed by atoms with van der Waals surface area (Å²) in [4.78, 5) is 2.57. The van der Waals surface area contributed by atoms with Crippen LogP contribution in [-0.4, -0.2) is 19.1 Å². The average Bonchev–Trinajstić information content (AvgIpc) is 2.72. The van der Waals surface area contributed by atoms with Gasteiger partial charge in [0.15, 0.2) is 0 Å². The van der Waals surface area contributed by atoms with Gasteiger partial charge in [0.2, 0.25) is 0 Å². The van der Waals surface area contributed by atoms with Crippen LogP contribution in [0, 0.1) is 5.92 Å². The van der Waals surface area contributed by atoms with E-state index in [2.05, 4.69) is 39.0 Å². The maximum atomic E-state index is 5.86. The van der Waals surface area contributed by atoms with E-state index in [1.54, 1.807) is 0 Å². The van der Waals surface area contributed by atoms with E-state index >= 15 is 0 Å². The lowest BCUT2D eigenvalue weighted by molar-refractivity contribution is 0.446. The molecule has 2 nitrogen and oxygen atoms in total. The number of fused-ring (bicyclic) bond motifs is 3. The Kier molecular flexibility index (Phi) is 2.68. The number of halogens is 1. The van der Waals surface area contributed by atoms with E-state index in [0.717, 1.165) is 6.54 Å². The predicted octanol–water partition coefficient (Wildman–Crippen LogP) is 2.55. The zero-order chi connectivity index (χ0) is 11.1. The Hall–Kier alpha value is -0.540. The molecule has 0 amide bonds. The molecule has 2 aliphatic heterocycles. The maximum Gasteiger partial charge on any atom is 0.0545 e. The summed E-state index contributed by atoms with van der Waals surface area (Å²) in [5.41, 5.74) is 8.78. The molecule has 0 radical (unpaired) electrons. The number of rotatable bonds is 1. The van der Waals surface area contributed by atoms with Crippen LogP contribution in [0.4, 0.5) is 5.69 Å². The van der Waals surface area contributed by atoms with Gasteiger partial charge in [-0.25, -0.2) is 0 Å². The average molecular weight is 281 g/mol. The molecule has 3 rings (SSSR count). The molecule has 16 heavy (non-hydrogen) atoms. The number of anilines is 1. The Bertz CT molecular complexity index is 405. The van der Waals surface area contributed by atoms with E-state index in [9.17, 15) is 0 Å². The molecule has 0 bridgehead atoms. The lowest BCUT2D eigenvalue weighted by Gasteiger charge is -2.36. The molecular weight excluding hydrogens is 264 g/mol. The first-order valence-electron chi connectivity index (χ1n) is 6.05. The number of para-hydroxylation sites is 1. The monoisotopic (exact) mass is 280 g/mol. The lowest BCUT2D eigenvalue weighted by Crippen LogP contribution is -2.39. The number of nitrogens with two attached hydrogens (primary N) is 1. The van der Waals surface area contributed by atoms with Crippen LogP contribution < -0.4 is 10.6 Å². The SMILES string of the molecule is NCC1CCN2c3c(Br)cccc3CCC12. The van der Waals surface area contributed by atoms with Crippen molar-refractivity contribution in [3.05, 3.63) is 28.2 Å². The summed E-state index contributed by atoms with van der Waals surface area (Å²) in [5, 5.41) is 0. The second-order valence-corrected chi connectivity index (χ2v) is 5.69. The molecular formula is C13H17BrN2. The molecule has 2 aliphatic rings. The lowest BCUT2D eigenvalue weighted by atomic mass is 9.90. The van der Waals surface area contributed by atoms with Crippen LogP contribution in [0.3, 0.4) is 0 Å². The van der Waals surface area contributed by atoms with Gasteiger partial charge in [-0.2, -0.15) is 0 Å². The molecule has 1 aromatic rings. The van der Waals surface area contributed by atoms with Crippen molar-refractivity contribution in [1.82, 2.24) is 0 Å². The molecule has 0 spiro atoms. The third-order valence-corrected chi connectivity index (χ3v) is 4.69. The predicted molar refractivity (Wildman–Crippen MR) is 70.8 cm³/mol. The van der Waals surface area contributed by atoms with Gasteiger partial charge in [0, 0.05) is 17.1 Å². The van der Waals surface area contributed by atoms with Gasteiger partial charge in [-0.1, -0.05) is 12.1 Å². The number of benzene rings is 1. The summed E-state index contributed by atoms with van der Waals surface area (Å²) >= 11 is 3.69. The van der Waals surface area contributed by atoms with Crippen molar-refractivity contribution in [3.63, 3.8) is 0 Å². The first-order chi connectivity index (χ1) is 7.81. The molecule has 0 saturated carbocycles. The van der Waals surface area contributed by atoms with Gasteiger partial charge in [0.25, 0.3) is 0 Å². The Labute approximate surface area is 105 Å². The van der Waals surface area contributed by atoms with Gasteiger partial charge in [-0.15, -0.1) is 0 Å². The summed E-state index contributed by atoms with van der Waals surface area (Å²) in [5.74, 6) is 0.695. The summed E-state index contributed by atoms with van der Waals surface area (Å²) in [6.45, 7) is 2.00. The normalized spacial score (nSPS) is 27.8. The van der Waals surface area contributed by atoms with Gasteiger partial charge in [0.05, 0.1) is 5.69 Å². The third-order valence-electron chi connectivity index (χ3n) is 4.06. The molecule has 86 valence electrons. The van der Waals surface area contributed by atoms with Crippen molar-refractivity contribution < 1.29 is 0 Å². The van der Waals surface area contributed by atoms with Crippen molar-refractivity contribution in [2.45, 2.75) is 25.3 Å². The minimum Gasteiger partial charge on any atom is -0.367 e. The molecule has 2 atom stereocenters. The Morgan fingerprint density at radius 2 is 2.25 bits per heavy atom. The first kappa shape index (κ1) is 10.6. The van der Waals surface area contributed by atoms with Crippen molar-refractivity contribution >= 4 is 21.6 Å². The smallest absolute Gasteiger partial charge is 0.0545 e. The minimum absolute atomic E-state index is 0.677. The highest BCUT2D eigenvalue weighted by molar-refractivity contribution is 9.10. The first-order valence-corrected chi connectivity index (χ1v) is 6.84. The largest absolute Gasteiger partial charge is 0.367 e. The van der Waals surface area contributed by atoms with E-state index in [1.807, 2.05) is 0 Å².